The van der Waals surface area contributed by atoms with Crippen molar-refractivity contribution >= 4 is 22.6 Å². The molecule has 0 aliphatic carbocycles. The second kappa shape index (κ2) is 3.91. The minimum Gasteiger partial charge on any atom is -0.362 e. The highest BCUT2D eigenvalue weighted by atomic mass is 127. The van der Waals surface area contributed by atoms with Crippen LogP contribution >= 0.6 is 22.6 Å². The number of nitrogens with zero attached hydrogens (tertiary/aromatic N) is 1. The molecule has 0 saturated heterocycles. The van der Waals surface area contributed by atoms with E-state index in [1.807, 2.05) is 0 Å². The maximum atomic E-state index is 8.24. The van der Waals surface area contributed by atoms with Gasteiger partial charge in [0, 0.05) is 22.6 Å². The predicted molar refractivity (Wildman–Crippen MR) is 32.6 cm³/mol. The van der Waals surface area contributed by atoms with E-state index in [9.17, 15) is 0 Å². The van der Waals surface area contributed by atoms with Crippen LogP contribution in [0.2, 0.25) is 0 Å². The SMILES string of the molecule is N#C[C](O)C#CI. The number of aliphatic hydroxyl groups is 1. The Labute approximate surface area is 55.3 Å². The number of rotatable bonds is 0. The van der Waals surface area contributed by atoms with Crippen LogP contribution in [0.1, 0.15) is 0 Å². The van der Waals surface area contributed by atoms with E-state index in [1.165, 1.54) is 6.07 Å². The van der Waals surface area contributed by atoms with Gasteiger partial charge in [0.2, 0.25) is 0 Å². The van der Waals surface area contributed by atoms with Gasteiger partial charge >= 0.3 is 0 Å². The molecule has 0 unspecified atom stereocenters. The van der Waals surface area contributed by atoms with Gasteiger partial charge in [-0.2, -0.15) is 5.26 Å². The first-order valence-corrected chi connectivity index (χ1v) is 2.46. The van der Waals surface area contributed by atoms with Crippen molar-refractivity contribution in [3.63, 3.8) is 0 Å². The van der Waals surface area contributed by atoms with Gasteiger partial charge in [-0.3, -0.25) is 0 Å². The minimum atomic E-state index is -0.436. The largest absolute Gasteiger partial charge is 0.362 e. The molecule has 0 saturated carbocycles. The molecule has 0 bridgehead atoms. The van der Waals surface area contributed by atoms with Gasteiger partial charge in [-0.25, -0.2) is 0 Å². The topological polar surface area (TPSA) is 44.0 Å². The lowest BCUT2D eigenvalue weighted by Gasteiger charge is -1.75. The zero-order chi connectivity index (χ0) is 5.70. The van der Waals surface area contributed by atoms with Gasteiger partial charge in [0.15, 0.2) is 0 Å². The fraction of sp³-hybridized carbons (Fsp3) is 0. The Morgan fingerprint density at radius 3 is 2.43 bits per heavy atom. The third-order valence-electron chi connectivity index (χ3n) is 0.272. The van der Waals surface area contributed by atoms with Gasteiger partial charge in [-0.15, -0.1) is 0 Å². The molecule has 0 spiro atoms. The summed E-state index contributed by atoms with van der Waals surface area (Å²) < 4.78 is 2.33. The summed E-state index contributed by atoms with van der Waals surface area (Å²) in [6, 6.07) is 1.46. The molecule has 2 nitrogen and oxygen atoms in total. The van der Waals surface area contributed by atoms with Gasteiger partial charge < -0.3 is 5.11 Å². The van der Waals surface area contributed by atoms with E-state index in [-0.39, 0.29) is 0 Å². The Balaban J connectivity index is 3.57. The third kappa shape index (κ3) is 3.57. The quantitative estimate of drug-likeness (QED) is 0.362. The summed E-state index contributed by atoms with van der Waals surface area (Å²) >= 11 is 1.73. The van der Waals surface area contributed by atoms with Crippen LogP contribution in [0.3, 0.4) is 0 Å². The van der Waals surface area contributed by atoms with E-state index in [0.717, 1.165) is 0 Å². The summed E-state index contributed by atoms with van der Waals surface area (Å²) in [6.45, 7) is 0. The van der Waals surface area contributed by atoms with Crippen molar-refractivity contribution < 1.29 is 5.11 Å². The van der Waals surface area contributed by atoms with Crippen LogP contribution in [0.15, 0.2) is 0 Å². The highest BCUT2D eigenvalue weighted by Crippen LogP contribution is 1.85. The molecule has 0 aromatic rings. The van der Waals surface area contributed by atoms with Crippen molar-refractivity contribution in [3.05, 3.63) is 6.10 Å². The first-order valence-electron chi connectivity index (χ1n) is 1.39. The normalized spacial score (nSPS) is 6.57. The van der Waals surface area contributed by atoms with Crippen molar-refractivity contribution in [2.24, 2.45) is 0 Å². The third-order valence-corrected chi connectivity index (χ3v) is 0.541. The van der Waals surface area contributed by atoms with Gasteiger partial charge in [0.25, 0.3) is 6.10 Å². The molecule has 3 heteroatoms. The van der Waals surface area contributed by atoms with Crippen LogP contribution in [0.4, 0.5) is 0 Å². The van der Waals surface area contributed by atoms with E-state index in [0.29, 0.717) is 0 Å². The lowest BCUT2D eigenvalue weighted by atomic mass is 10.4. The summed E-state index contributed by atoms with van der Waals surface area (Å²) in [5.74, 6) is 2.14. The van der Waals surface area contributed by atoms with Crippen LogP contribution in [0.25, 0.3) is 0 Å². The Morgan fingerprint density at radius 2 is 2.29 bits per heavy atom. The Hall–Kier alpha value is -0.260. The molecule has 7 heavy (non-hydrogen) atoms. The fourth-order valence-electron chi connectivity index (χ4n) is 0.0727. The van der Waals surface area contributed by atoms with Crippen LogP contribution in [-0.4, -0.2) is 5.11 Å². The number of hydrogen-bond donors (Lipinski definition) is 1. The number of aliphatic hydroxyl groups excluding tert-OH is 1. The van der Waals surface area contributed by atoms with Crippen molar-refractivity contribution in [3.8, 4) is 15.9 Å². The van der Waals surface area contributed by atoms with Crippen molar-refractivity contribution in [1.29, 1.82) is 5.26 Å². The lowest BCUT2D eigenvalue weighted by molar-refractivity contribution is 0.382. The summed E-state index contributed by atoms with van der Waals surface area (Å²) in [5.41, 5.74) is 0. The average Bonchev–Trinajstić information content (AvgIpc) is 1.68. The Morgan fingerprint density at radius 1 is 1.71 bits per heavy atom. The maximum Gasteiger partial charge on any atom is 0.269 e. The van der Waals surface area contributed by atoms with E-state index in [1.54, 1.807) is 22.6 Å². The van der Waals surface area contributed by atoms with Gasteiger partial charge in [0.1, 0.15) is 6.07 Å². The molecule has 0 aliphatic heterocycles. The molecule has 0 heterocycles. The first kappa shape index (κ1) is 6.74. The first-order chi connectivity index (χ1) is 3.31. The van der Waals surface area contributed by atoms with Crippen LogP contribution in [0.5, 0.6) is 0 Å². The molecule has 0 aromatic heterocycles. The highest BCUT2D eigenvalue weighted by molar-refractivity contribution is 14.1. The fourth-order valence-corrected chi connectivity index (χ4v) is 0.328. The number of halogens is 1. The molecular formula is C4HINO. The van der Waals surface area contributed by atoms with Crippen molar-refractivity contribution in [2.45, 2.75) is 0 Å². The van der Waals surface area contributed by atoms with E-state index >= 15 is 0 Å². The second-order valence-corrected chi connectivity index (χ2v) is 1.22. The maximum absolute atomic E-state index is 8.24. The molecule has 35 valence electrons. The summed E-state index contributed by atoms with van der Waals surface area (Å²) in [4.78, 5) is 0. The van der Waals surface area contributed by atoms with Gasteiger partial charge in [0.05, 0.1) is 0 Å². The smallest absolute Gasteiger partial charge is 0.269 e. The summed E-state index contributed by atoms with van der Waals surface area (Å²) in [5, 5.41) is 16.1. The molecule has 0 atom stereocenters. The molecule has 0 rings (SSSR count). The molecular weight excluding hydrogens is 205 g/mol. The molecule has 1 radical (unpaired) electrons. The molecule has 1 N–H and O–H groups in total. The molecule has 0 aliphatic rings. The van der Waals surface area contributed by atoms with Gasteiger partial charge in [-0.1, -0.05) is 0 Å². The van der Waals surface area contributed by atoms with Crippen LogP contribution in [-0.2, 0) is 0 Å². The highest BCUT2D eigenvalue weighted by Gasteiger charge is 1.91. The minimum absolute atomic E-state index is 0.436. The summed E-state index contributed by atoms with van der Waals surface area (Å²) in [6.07, 6.45) is -0.436. The number of hydrogen-bond acceptors (Lipinski definition) is 2. The molecule has 0 aromatic carbocycles. The average molecular weight is 206 g/mol. The molecule has 0 amide bonds. The Bertz CT molecular complexity index is 138. The van der Waals surface area contributed by atoms with E-state index in [2.05, 4.69) is 9.85 Å². The van der Waals surface area contributed by atoms with Gasteiger partial charge in [-0.05, 0) is 9.85 Å². The van der Waals surface area contributed by atoms with Crippen molar-refractivity contribution in [2.75, 3.05) is 0 Å². The lowest BCUT2D eigenvalue weighted by Crippen LogP contribution is -1.81. The number of nitriles is 1. The summed E-state index contributed by atoms with van der Waals surface area (Å²) in [7, 11) is 0. The van der Waals surface area contributed by atoms with Crippen molar-refractivity contribution in [1.82, 2.24) is 0 Å². The van der Waals surface area contributed by atoms with E-state index < -0.39 is 6.10 Å². The Kier molecular flexibility index (Phi) is 3.77. The second-order valence-electron chi connectivity index (χ2n) is 0.680. The van der Waals surface area contributed by atoms with Crippen LogP contribution in [0, 0.1) is 27.3 Å². The molecule has 0 fully saturated rings. The standard InChI is InChI=1S/C4HINO/c5-2-1-4(7)3-6/h7H. The zero-order valence-electron chi connectivity index (χ0n) is 3.27. The van der Waals surface area contributed by atoms with Crippen LogP contribution < -0.4 is 0 Å². The monoisotopic (exact) mass is 206 g/mol. The predicted octanol–water partition coefficient (Wildman–Crippen LogP) is 0.810. The zero-order valence-corrected chi connectivity index (χ0v) is 5.43. The van der Waals surface area contributed by atoms with E-state index in [4.69, 9.17) is 10.4 Å².